The van der Waals surface area contributed by atoms with Crippen LogP contribution in [0, 0.1) is 0 Å². The number of benzene rings is 2. The summed E-state index contributed by atoms with van der Waals surface area (Å²) < 4.78 is 11.1. The van der Waals surface area contributed by atoms with Crippen LogP contribution in [-0.2, 0) is 22.6 Å². The largest absolute Gasteiger partial charge is 0.504 e. The molecule has 2 heterocycles. The number of hydrogen-bond acceptors (Lipinski definition) is 5. The van der Waals surface area contributed by atoms with Crippen LogP contribution in [0.1, 0.15) is 17.5 Å². The number of carbonyl (C=O) groups excluding carboxylic acids is 1. The molecule has 1 N–H and O–H groups in total. The number of phenolic OH excluding ortho intramolecular Hbond substituents is 1. The standard InChI is InChI=1S/C22H26N2O4/c1-27-20-8-7-17(11-19(20)25)12-23-14-18-21(15-23)28-10-9-22(26)24(18)13-16-5-3-2-4-6-16/h2-8,11,18,21,25H,9-10,12-15H2,1H3/t18-,21-/m0/s1. The number of nitrogens with zero attached hydrogens (tertiary/aromatic N) is 2. The Morgan fingerprint density at radius 3 is 2.68 bits per heavy atom. The van der Waals surface area contributed by atoms with Gasteiger partial charge < -0.3 is 19.5 Å². The Kier molecular flexibility index (Phi) is 5.50. The Labute approximate surface area is 165 Å². The minimum Gasteiger partial charge on any atom is -0.504 e. The minimum absolute atomic E-state index is 0.0157. The number of carbonyl (C=O) groups is 1. The van der Waals surface area contributed by atoms with Gasteiger partial charge in [-0.1, -0.05) is 36.4 Å². The van der Waals surface area contributed by atoms with E-state index >= 15 is 0 Å². The predicted octanol–water partition coefficient (Wildman–Crippen LogP) is 2.40. The molecular weight excluding hydrogens is 356 g/mol. The van der Waals surface area contributed by atoms with Crippen molar-refractivity contribution in [3.63, 3.8) is 0 Å². The zero-order valence-electron chi connectivity index (χ0n) is 16.1. The summed E-state index contributed by atoms with van der Waals surface area (Å²) in [5, 5.41) is 10.0. The third-order valence-electron chi connectivity index (χ3n) is 5.53. The van der Waals surface area contributed by atoms with E-state index in [-0.39, 0.29) is 23.8 Å². The minimum atomic E-state index is 0.0157. The fourth-order valence-electron chi connectivity index (χ4n) is 4.13. The molecule has 1 amide bonds. The molecule has 6 heteroatoms. The Morgan fingerprint density at radius 1 is 1.11 bits per heavy atom. The molecule has 2 aliphatic rings. The summed E-state index contributed by atoms with van der Waals surface area (Å²) in [6.07, 6.45) is 0.452. The van der Waals surface area contributed by atoms with E-state index in [4.69, 9.17) is 9.47 Å². The van der Waals surface area contributed by atoms with Gasteiger partial charge in [0.25, 0.3) is 0 Å². The van der Waals surface area contributed by atoms with Crippen LogP contribution in [0.4, 0.5) is 0 Å². The van der Waals surface area contributed by atoms with Crippen LogP contribution >= 0.6 is 0 Å². The lowest BCUT2D eigenvalue weighted by molar-refractivity contribution is -0.133. The molecule has 0 unspecified atom stereocenters. The summed E-state index contributed by atoms with van der Waals surface area (Å²) in [7, 11) is 1.54. The molecule has 0 spiro atoms. The van der Waals surface area contributed by atoms with Crippen molar-refractivity contribution in [1.29, 1.82) is 0 Å². The molecule has 2 aromatic rings. The Hall–Kier alpha value is -2.57. The number of hydrogen-bond donors (Lipinski definition) is 1. The van der Waals surface area contributed by atoms with Gasteiger partial charge in [-0.3, -0.25) is 9.69 Å². The number of aromatic hydroxyl groups is 1. The Balaban J connectivity index is 1.48. The molecule has 2 saturated heterocycles. The van der Waals surface area contributed by atoms with Gasteiger partial charge in [-0.2, -0.15) is 0 Å². The molecule has 0 aliphatic carbocycles. The molecule has 0 saturated carbocycles. The van der Waals surface area contributed by atoms with Gasteiger partial charge in [0.2, 0.25) is 5.91 Å². The highest BCUT2D eigenvalue weighted by molar-refractivity contribution is 5.77. The smallest absolute Gasteiger partial charge is 0.225 e. The van der Waals surface area contributed by atoms with E-state index < -0.39 is 0 Å². The molecule has 2 atom stereocenters. The van der Waals surface area contributed by atoms with Gasteiger partial charge in [-0.15, -0.1) is 0 Å². The molecule has 2 fully saturated rings. The number of ether oxygens (including phenoxy) is 2. The average Bonchev–Trinajstić information content (AvgIpc) is 3.03. The van der Waals surface area contributed by atoms with Crippen molar-refractivity contribution in [3.8, 4) is 11.5 Å². The van der Waals surface area contributed by atoms with Gasteiger partial charge in [-0.25, -0.2) is 0 Å². The van der Waals surface area contributed by atoms with Crippen molar-refractivity contribution in [2.45, 2.75) is 31.7 Å². The second-order valence-electron chi connectivity index (χ2n) is 7.43. The quantitative estimate of drug-likeness (QED) is 0.861. The SMILES string of the molecule is COc1ccc(CN2C[C@@H]3OCCC(=O)N(Cc4ccccc4)[C@H]3C2)cc1O. The van der Waals surface area contributed by atoms with Crippen molar-refractivity contribution in [2.24, 2.45) is 0 Å². The third kappa shape index (κ3) is 3.98. The van der Waals surface area contributed by atoms with Gasteiger partial charge in [0.1, 0.15) is 0 Å². The van der Waals surface area contributed by atoms with Crippen molar-refractivity contribution < 1.29 is 19.4 Å². The van der Waals surface area contributed by atoms with E-state index in [1.807, 2.05) is 29.2 Å². The van der Waals surface area contributed by atoms with Gasteiger partial charge in [-0.05, 0) is 23.3 Å². The summed E-state index contributed by atoms with van der Waals surface area (Å²) in [5.41, 5.74) is 2.14. The van der Waals surface area contributed by atoms with Crippen LogP contribution in [0.3, 0.4) is 0 Å². The number of likely N-dealkylation sites (tertiary alicyclic amines) is 1. The zero-order valence-corrected chi connectivity index (χ0v) is 16.1. The molecule has 0 aromatic heterocycles. The molecule has 2 aromatic carbocycles. The highest BCUT2D eigenvalue weighted by Crippen LogP contribution is 2.29. The lowest BCUT2D eigenvalue weighted by atomic mass is 10.1. The highest BCUT2D eigenvalue weighted by atomic mass is 16.5. The number of rotatable bonds is 5. The van der Waals surface area contributed by atoms with Crippen molar-refractivity contribution >= 4 is 5.91 Å². The first kappa shape index (κ1) is 18.8. The van der Waals surface area contributed by atoms with Crippen LogP contribution in [0.25, 0.3) is 0 Å². The topological polar surface area (TPSA) is 62.2 Å². The Morgan fingerprint density at radius 2 is 1.93 bits per heavy atom. The molecule has 2 aliphatic heterocycles. The summed E-state index contributed by atoms with van der Waals surface area (Å²) in [6.45, 7) is 3.32. The normalized spacial score (nSPS) is 22.8. The van der Waals surface area contributed by atoms with E-state index in [0.29, 0.717) is 31.9 Å². The van der Waals surface area contributed by atoms with E-state index in [1.54, 1.807) is 19.2 Å². The maximum Gasteiger partial charge on any atom is 0.225 e. The van der Waals surface area contributed by atoms with E-state index in [1.165, 1.54) is 0 Å². The molecule has 28 heavy (non-hydrogen) atoms. The number of phenols is 1. The first-order valence-electron chi connectivity index (χ1n) is 9.67. The van der Waals surface area contributed by atoms with Gasteiger partial charge >= 0.3 is 0 Å². The third-order valence-corrected chi connectivity index (χ3v) is 5.53. The van der Waals surface area contributed by atoms with Crippen LogP contribution in [-0.4, -0.2) is 59.8 Å². The second kappa shape index (κ2) is 8.20. The van der Waals surface area contributed by atoms with Crippen molar-refractivity contribution in [1.82, 2.24) is 9.80 Å². The second-order valence-corrected chi connectivity index (χ2v) is 7.43. The summed E-state index contributed by atoms with van der Waals surface area (Å²) >= 11 is 0. The average molecular weight is 382 g/mol. The molecule has 4 rings (SSSR count). The van der Waals surface area contributed by atoms with E-state index in [9.17, 15) is 9.90 Å². The first-order valence-corrected chi connectivity index (χ1v) is 9.67. The molecule has 0 radical (unpaired) electrons. The number of methoxy groups -OCH3 is 1. The zero-order chi connectivity index (χ0) is 19.5. The monoisotopic (exact) mass is 382 g/mol. The summed E-state index contributed by atoms with van der Waals surface area (Å²) in [4.78, 5) is 17.0. The van der Waals surface area contributed by atoms with E-state index in [2.05, 4.69) is 17.0 Å². The van der Waals surface area contributed by atoms with Gasteiger partial charge in [0.15, 0.2) is 11.5 Å². The fourth-order valence-corrected chi connectivity index (χ4v) is 4.13. The highest BCUT2D eigenvalue weighted by Gasteiger charge is 2.41. The summed E-state index contributed by atoms with van der Waals surface area (Å²) in [5.74, 6) is 0.768. The van der Waals surface area contributed by atoms with Crippen LogP contribution in [0.5, 0.6) is 11.5 Å². The first-order chi connectivity index (χ1) is 13.6. The van der Waals surface area contributed by atoms with E-state index in [0.717, 1.165) is 24.2 Å². The molecule has 0 bridgehead atoms. The van der Waals surface area contributed by atoms with Crippen LogP contribution in [0.15, 0.2) is 48.5 Å². The Bertz CT molecular complexity index is 827. The maximum absolute atomic E-state index is 12.7. The molecule has 6 nitrogen and oxygen atoms in total. The van der Waals surface area contributed by atoms with Gasteiger partial charge in [0.05, 0.1) is 32.3 Å². The number of fused-ring (bicyclic) bond motifs is 1. The lowest BCUT2D eigenvalue weighted by Crippen LogP contribution is -2.45. The predicted molar refractivity (Wildman–Crippen MR) is 105 cm³/mol. The van der Waals surface area contributed by atoms with Crippen LogP contribution < -0.4 is 4.74 Å². The number of amides is 1. The fraction of sp³-hybridized carbons (Fsp3) is 0.409. The molecule has 148 valence electrons. The maximum atomic E-state index is 12.7. The summed E-state index contributed by atoms with van der Waals surface area (Å²) in [6, 6.07) is 15.6. The van der Waals surface area contributed by atoms with Gasteiger partial charge in [0, 0.05) is 26.2 Å². The van der Waals surface area contributed by atoms with Crippen molar-refractivity contribution in [3.05, 3.63) is 59.7 Å². The van der Waals surface area contributed by atoms with Crippen molar-refractivity contribution in [2.75, 3.05) is 26.8 Å². The van der Waals surface area contributed by atoms with Crippen LogP contribution in [0.2, 0.25) is 0 Å². The molecular formula is C22H26N2O4. The lowest BCUT2D eigenvalue weighted by Gasteiger charge is -2.30.